The van der Waals surface area contributed by atoms with Crippen LogP contribution in [0.2, 0.25) is 0 Å². The van der Waals surface area contributed by atoms with Gasteiger partial charge >= 0.3 is 30.8 Å². The molecule has 2 aliphatic heterocycles. The van der Waals surface area contributed by atoms with E-state index in [0.29, 0.717) is 36.1 Å². The number of aromatic carboxylic acids is 1. The molecule has 0 saturated carbocycles. The Labute approximate surface area is 231 Å². The molecule has 2 aromatic carbocycles. The van der Waals surface area contributed by atoms with Crippen LogP contribution in [-0.2, 0) is 27.3 Å². The molecular formula is C26H29LiN4O7. The summed E-state index contributed by atoms with van der Waals surface area (Å²) in [4.78, 5) is 23.0. The van der Waals surface area contributed by atoms with Crippen LogP contribution in [-0.4, -0.2) is 75.1 Å². The van der Waals surface area contributed by atoms with Gasteiger partial charge in [-0.15, -0.1) is 0 Å². The third-order valence-corrected chi connectivity index (χ3v) is 6.26. The summed E-state index contributed by atoms with van der Waals surface area (Å²) in [6, 6.07) is 15.1. The van der Waals surface area contributed by atoms with Crippen LogP contribution in [0.3, 0.4) is 0 Å². The van der Waals surface area contributed by atoms with Gasteiger partial charge in [-0.2, -0.15) is 10.2 Å². The minimum Gasteiger partial charge on any atom is -0.870 e. The predicted molar refractivity (Wildman–Crippen MR) is 133 cm³/mol. The van der Waals surface area contributed by atoms with E-state index < -0.39 is 5.97 Å². The van der Waals surface area contributed by atoms with Crippen molar-refractivity contribution in [3.8, 4) is 0 Å². The van der Waals surface area contributed by atoms with E-state index >= 15 is 0 Å². The number of hydrogen-bond acceptors (Lipinski definition) is 8. The van der Waals surface area contributed by atoms with Crippen molar-refractivity contribution in [2.24, 2.45) is 11.8 Å². The Bertz CT molecular complexity index is 1400. The summed E-state index contributed by atoms with van der Waals surface area (Å²) in [5.41, 5.74) is 2.37. The van der Waals surface area contributed by atoms with Crippen LogP contribution in [0.15, 0.2) is 48.5 Å². The van der Waals surface area contributed by atoms with Gasteiger partial charge in [-0.3, -0.25) is 9.36 Å². The van der Waals surface area contributed by atoms with E-state index in [4.69, 9.17) is 19.3 Å². The van der Waals surface area contributed by atoms with Crippen molar-refractivity contribution in [3.05, 3.63) is 59.9 Å². The van der Waals surface area contributed by atoms with Crippen LogP contribution in [0.4, 0.5) is 0 Å². The number of nitrogens with zero attached hydrogens (tertiary/aromatic N) is 4. The molecule has 0 amide bonds. The topological polar surface area (TPSA) is 148 Å². The Morgan fingerprint density at radius 1 is 0.868 bits per heavy atom. The minimum absolute atomic E-state index is 0. The second-order valence-electron chi connectivity index (χ2n) is 8.93. The first-order chi connectivity index (χ1) is 17.5. The normalized spacial score (nSPS) is 14.9. The largest absolute Gasteiger partial charge is 1.00 e. The molecule has 11 nitrogen and oxygen atoms in total. The summed E-state index contributed by atoms with van der Waals surface area (Å²) in [5, 5.41) is 19.2. The molecule has 6 rings (SSSR count). The van der Waals surface area contributed by atoms with Crippen molar-refractivity contribution in [1.29, 1.82) is 0 Å². The molecular weight excluding hydrogens is 487 g/mol. The zero-order chi connectivity index (χ0) is 25.1. The summed E-state index contributed by atoms with van der Waals surface area (Å²) >= 11 is 0. The molecule has 2 N–H and O–H groups in total. The fourth-order valence-electron chi connectivity index (χ4n) is 4.31. The number of hydrogen-bond donors (Lipinski definition) is 1. The van der Waals surface area contributed by atoms with Crippen LogP contribution < -0.4 is 18.9 Å². The zero-order valence-electron chi connectivity index (χ0n) is 21.4. The van der Waals surface area contributed by atoms with Gasteiger partial charge in [-0.1, -0.05) is 36.4 Å². The second kappa shape index (κ2) is 13.0. The van der Waals surface area contributed by atoms with Gasteiger partial charge in [-0.05, 0) is 19.1 Å². The number of ether oxygens (including phenoxy) is 3. The van der Waals surface area contributed by atoms with Crippen LogP contribution in [0.5, 0.6) is 0 Å². The third-order valence-electron chi connectivity index (χ3n) is 6.26. The fourth-order valence-corrected chi connectivity index (χ4v) is 4.31. The van der Waals surface area contributed by atoms with Crippen molar-refractivity contribution in [2.75, 3.05) is 33.0 Å². The number of carbonyl (C=O) groups excluding carboxylic acids is 1. The minimum atomic E-state index is -0.982. The average molecular weight is 516 g/mol. The van der Waals surface area contributed by atoms with Gasteiger partial charge in [0.05, 0.1) is 44.1 Å². The molecule has 0 bridgehead atoms. The molecule has 12 heteroatoms. The van der Waals surface area contributed by atoms with Gasteiger partial charge in [0.25, 0.3) is 0 Å². The van der Waals surface area contributed by atoms with E-state index in [0.717, 1.165) is 49.4 Å². The monoisotopic (exact) mass is 516 g/mol. The van der Waals surface area contributed by atoms with E-state index in [9.17, 15) is 9.59 Å². The van der Waals surface area contributed by atoms with E-state index in [1.807, 2.05) is 47.1 Å². The molecule has 2 saturated heterocycles. The standard InChI is InChI=1S/C14H16N2O3.C12H12N2O3.Li.H2O/c1-2-19-14(17)13-11-5-3-4-6-12(11)16(15-13)7-10-8-18-9-10;15-12(16)11-9-3-1-2-4-10(9)14(13-11)5-8-6-17-7-8;;/h3-6,10H,2,7-9H2,1H3;1-4,8H,5-7H2,(H,15,16);;1H2/q;;+1;/p-1. The number of para-hydroxylation sites is 2. The summed E-state index contributed by atoms with van der Waals surface area (Å²) < 4.78 is 19.0. The number of fused-ring (bicyclic) bond motifs is 2. The molecule has 0 unspecified atom stereocenters. The molecule has 0 aliphatic carbocycles. The van der Waals surface area contributed by atoms with Gasteiger partial charge in [-0.25, -0.2) is 9.59 Å². The number of carboxylic acid groups (broad SMARTS) is 1. The number of benzene rings is 2. The van der Waals surface area contributed by atoms with Crippen molar-refractivity contribution in [1.82, 2.24) is 19.6 Å². The molecule has 38 heavy (non-hydrogen) atoms. The van der Waals surface area contributed by atoms with Gasteiger partial charge in [0, 0.05) is 35.7 Å². The summed E-state index contributed by atoms with van der Waals surface area (Å²) in [6.45, 7) is 6.64. The fraction of sp³-hybridized carbons (Fsp3) is 0.385. The summed E-state index contributed by atoms with van der Waals surface area (Å²) in [6.07, 6.45) is 0. The van der Waals surface area contributed by atoms with E-state index in [-0.39, 0.29) is 36.0 Å². The maximum Gasteiger partial charge on any atom is 1.00 e. The molecule has 2 fully saturated rings. The van der Waals surface area contributed by atoms with Crippen molar-refractivity contribution in [2.45, 2.75) is 20.0 Å². The molecule has 196 valence electrons. The first kappa shape index (κ1) is 29.4. The molecule has 2 aliphatic rings. The number of rotatable bonds is 7. The second-order valence-corrected chi connectivity index (χ2v) is 8.93. The Morgan fingerprint density at radius 3 is 1.74 bits per heavy atom. The van der Waals surface area contributed by atoms with Crippen LogP contribution in [0.25, 0.3) is 21.8 Å². The molecule has 4 heterocycles. The smallest absolute Gasteiger partial charge is 0.870 e. The van der Waals surface area contributed by atoms with Gasteiger partial charge < -0.3 is 24.8 Å². The molecule has 4 aromatic rings. The maximum atomic E-state index is 11.9. The number of carboxylic acids is 1. The third kappa shape index (κ3) is 6.09. The molecule has 2 aromatic heterocycles. The molecule has 0 atom stereocenters. The number of esters is 1. The maximum absolute atomic E-state index is 11.9. The molecule has 0 spiro atoms. The van der Waals surface area contributed by atoms with Gasteiger partial charge in [0.1, 0.15) is 0 Å². The van der Waals surface area contributed by atoms with Crippen LogP contribution in [0.1, 0.15) is 27.9 Å². The zero-order valence-corrected chi connectivity index (χ0v) is 21.4. The SMILES string of the molecule is CCOC(=O)c1nn(CC2COC2)c2ccccc12.O=C(O)c1nn(CC2COC2)c2ccccc12.[Li+].[OH-]. The Kier molecular flexibility index (Phi) is 10.1. The van der Waals surface area contributed by atoms with Gasteiger partial charge in [0.15, 0.2) is 11.4 Å². The first-order valence-corrected chi connectivity index (χ1v) is 12.0. The van der Waals surface area contributed by atoms with Crippen molar-refractivity contribution in [3.63, 3.8) is 0 Å². The summed E-state index contributed by atoms with van der Waals surface area (Å²) in [7, 11) is 0. The van der Waals surface area contributed by atoms with E-state index in [2.05, 4.69) is 10.2 Å². The summed E-state index contributed by atoms with van der Waals surface area (Å²) in [5.74, 6) is -0.412. The average Bonchev–Trinajstić information content (AvgIpc) is 3.38. The predicted octanol–water partition coefficient (Wildman–Crippen LogP) is 0.0675. The van der Waals surface area contributed by atoms with Gasteiger partial charge in [0.2, 0.25) is 0 Å². The Morgan fingerprint density at radius 2 is 1.32 bits per heavy atom. The van der Waals surface area contributed by atoms with Crippen molar-refractivity contribution < 1.29 is 53.2 Å². The first-order valence-electron chi connectivity index (χ1n) is 12.0. The van der Waals surface area contributed by atoms with E-state index in [1.54, 1.807) is 17.7 Å². The molecule has 0 radical (unpaired) electrons. The number of carbonyl (C=O) groups is 2. The van der Waals surface area contributed by atoms with Crippen LogP contribution >= 0.6 is 0 Å². The Hall–Kier alpha value is -3.20. The van der Waals surface area contributed by atoms with Crippen LogP contribution in [0, 0.1) is 11.8 Å². The Balaban J connectivity index is 0.000000201. The van der Waals surface area contributed by atoms with E-state index in [1.165, 1.54) is 0 Å². The van der Waals surface area contributed by atoms with Crippen molar-refractivity contribution >= 4 is 33.7 Å². The number of aromatic nitrogens is 4. The quantitative estimate of drug-likeness (QED) is 0.266.